The van der Waals surface area contributed by atoms with Crippen LogP contribution in [0.5, 0.6) is 0 Å². The summed E-state index contributed by atoms with van der Waals surface area (Å²) in [6.07, 6.45) is 6.15. The largest absolute Gasteiger partial charge is 0.291 e. The first-order valence-corrected chi connectivity index (χ1v) is 4.38. The molecule has 0 heterocycles. The first kappa shape index (κ1) is 5.41. The zero-order valence-corrected chi connectivity index (χ0v) is 4.80. The van der Waals surface area contributed by atoms with Gasteiger partial charge in [-0.1, -0.05) is 0 Å². The van der Waals surface area contributed by atoms with Crippen LogP contribution in [0.2, 0.25) is 0 Å². The number of hydrogen-bond donors (Lipinski definition) is 0. The molecule has 0 amide bonds. The van der Waals surface area contributed by atoms with E-state index in [9.17, 15) is 0 Å². The van der Waals surface area contributed by atoms with E-state index in [0.717, 1.165) is 0 Å². The predicted octanol–water partition coefficient (Wildman–Crippen LogP) is 0.764. The highest BCUT2D eigenvalue weighted by molar-refractivity contribution is 8.48. The Bertz CT molecular complexity index is 22.4. The molecular formula is C3H9BS. The summed E-state index contributed by atoms with van der Waals surface area (Å²) >= 11 is 0. The second-order valence-corrected chi connectivity index (χ2v) is 5.80. The van der Waals surface area contributed by atoms with E-state index in [1.165, 1.54) is 0 Å². The quantitative estimate of drug-likeness (QED) is 0.383. The molecule has 0 spiro atoms. The lowest BCUT2D eigenvalue weighted by Crippen LogP contribution is -1.85. The Hall–Kier alpha value is 0.415. The Labute approximate surface area is 36.6 Å². The molecular weight excluding hydrogens is 78.9 g/mol. The van der Waals surface area contributed by atoms with Crippen LogP contribution in [0, 0.1) is 0 Å². The first-order valence-electron chi connectivity index (χ1n) is 1.46. The van der Waals surface area contributed by atoms with Crippen molar-refractivity contribution in [3.63, 3.8) is 0 Å². The summed E-state index contributed by atoms with van der Waals surface area (Å²) in [4.78, 5) is 0. The van der Waals surface area contributed by atoms with Crippen molar-refractivity contribution >= 4 is 17.0 Å². The Morgan fingerprint density at radius 1 is 1.20 bits per heavy atom. The third-order valence-corrected chi connectivity index (χ3v) is 0. The maximum atomic E-state index is 5.44. The fraction of sp³-hybridized carbons (Fsp3) is 1.00. The van der Waals surface area contributed by atoms with E-state index in [1.54, 1.807) is 0 Å². The van der Waals surface area contributed by atoms with Crippen molar-refractivity contribution in [2.75, 3.05) is 18.8 Å². The molecule has 0 rings (SSSR count). The molecule has 0 aromatic heterocycles. The summed E-state index contributed by atoms with van der Waals surface area (Å²) in [7, 11) is 4.77. The third kappa shape index (κ3) is 150. The fourth-order valence-corrected chi connectivity index (χ4v) is 0. The summed E-state index contributed by atoms with van der Waals surface area (Å²) in [6, 6.07) is 0. The van der Waals surface area contributed by atoms with Crippen molar-refractivity contribution in [3.8, 4) is 0 Å². The smallest absolute Gasteiger partial charge is 0.136 e. The van der Waals surface area contributed by atoms with Crippen LogP contribution in [0.3, 0.4) is 0 Å². The summed E-state index contributed by atoms with van der Waals surface area (Å²) in [5, 5.41) is 0. The van der Waals surface area contributed by atoms with Gasteiger partial charge < -0.3 is 0 Å². The van der Waals surface area contributed by atoms with Crippen LogP contribution in [0.15, 0.2) is 0 Å². The van der Waals surface area contributed by atoms with Gasteiger partial charge in [0.15, 0.2) is 0 Å². The van der Waals surface area contributed by atoms with E-state index in [2.05, 4.69) is 0 Å². The third-order valence-electron chi connectivity index (χ3n) is 0. The van der Waals surface area contributed by atoms with Gasteiger partial charge in [-0.05, 0) is 18.8 Å². The minimum absolute atomic E-state index is 0.667. The van der Waals surface area contributed by atoms with Crippen LogP contribution in [-0.2, 0) is 0 Å². The highest BCUT2D eigenvalue weighted by Gasteiger charge is 1.86. The first-order chi connectivity index (χ1) is 2.00. The van der Waals surface area contributed by atoms with Gasteiger partial charge >= 0.3 is 0 Å². The number of rotatable bonds is 0. The molecule has 0 bridgehead atoms. The van der Waals surface area contributed by atoms with Gasteiger partial charge in [0, 0.05) is 0 Å². The van der Waals surface area contributed by atoms with Crippen LogP contribution in [-0.4, -0.2) is 25.9 Å². The summed E-state index contributed by atoms with van der Waals surface area (Å²) < 4.78 is 0. The zero-order chi connectivity index (χ0) is 4.50. The molecule has 2 radical (unpaired) electrons. The van der Waals surface area contributed by atoms with Crippen LogP contribution in [0.4, 0.5) is 0 Å². The van der Waals surface area contributed by atoms with Crippen molar-refractivity contribution in [3.05, 3.63) is 0 Å². The molecule has 0 fully saturated rings. The molecule has 0 saturated heterocycles. The van der Waals surface area contributed by atoms with Crippen molar-refractivity contribution in [1.82, 2.24) is 0 Å². The van der Waals surface area contributed by atoms with Gasteiger partial charge in [0.2, 0.25) is 0 Å². The maximum absolute atomic E-state index is 5.44. The Morgan fingerprint density at radius 3 is 1.20 bits per heavy atom. The van der Waals surface area contributed by atoms with Gasteiger partial charge in [-0.25, -0.2) is 0 Å². The molecule has 2 heteroatoms. The van der Waals surface area contributed by atoms with Crippen molar-refractivity contribution in [1.29, 1.82) is 0 Å². The van der Waals surface area contributed by atoms with E-state index in [4.69, 9.17) is 7.12 Å². The molecule has 0 aromatic carbocycles. The van der Waals surface area contributed by atoms with Gasteiger partial charge in [-0.15, -0.1) is 0 Å². The normalized spacial score (nSPS) is 15.0. The molecule has 5 heavy (non-hydrogen) atoms. The molecule has 0 atom stereocenters. The van der Waals surface area contributed by atoms with Crippen molar-refractivity contribution < 1.29 is 0 Å². The maximum Gasteiger partial charge on any atom is 0.136 e. The fourth-order valence-electron chi connectivity index (χ4n) is 0. The molecule has 0 aliphatic heterocycles. The Balaban J connectivity index is 3.02. The topological polar surface area (TPSA) is 0 Å². The zero-order valence-electron chi connectivity index (χ0n) is 3.99. The van der Waals surface area contributed by atoms with Gasteiger partial charge in [0.1, 0.15) is 7.12 Å². The lowest BCUT2D eigenvalue weighted by Gasteiger charge is -2.15. The van der Waals surface area contributed by atoms with Gasteiger partial charge in [-0.2, -0.15) is 0 Å². The van der Waals surface area contributed by atoms with Crippen molar-refractivity contribution in [2.24, 2.45) is 0 Å². The monoisotopic (exact) mass is 88.1 g/mol. The minimum atomic E-state index is -0.667. The standard InChI is InChI=1S/C3H9BS/c1-5(2,3)4/h1-3H3. The molecule has 30 valence electrons. The molecule has 0 aromatic rings. The molecule has 0 unspecified atom stereocenters. The van der Waals surface area contributed by atoms with Crippen LogP contribution in [0.25, 0.3) is 0 Å². The number of hydrogen-bond acceptors (Lipinski definition) is 0. The minimum Gasteiger partial charge on any atom is -0.291 e. The molecule has 0 saturated carbocycles. The summed E-state index contributed by atoms with van der Waals surface area (Å²) in [5.74, 6) is 0. The Kier molecular flexibility index (Phi) is 1.35. The van der Waals surface area contributed by atoms with E-state index in [0.29, 0.717) is 0 Å². The van der Waals surface area contributed by atoms with Crippen molar-refractivity contribution in [2.45, 2.75) is 0 Å². The van der Waals surface area contributed by atoms with E-state index in [-0.39, 0.29) is 0 Å². The Morgan fingerprint density at radius 2 is 1.20 bits per heavy atom. The van der Waals surface area contributed by atoms with E-state index >= 15 is 0 Å². The molecule has 0 N–H and O–H groups in total. The lowest BCUT2D eigenvalue weighted by molar-refractivity contribution is 2.17. The van der Waals surface area contributed by atoms with Gasteiger partial charge in [-0.3, -0.25) is 9.88 Å². The molecule has 0 aliphatic rings. The second kappa shape index (κ2) is 1.25. The predicted molar refractivity (Wildman–Crippen MR) is 31.1 cm³/mol. The van der Waals surface area contributed by atoms with E-state index in [1.807, 2.05) is 18.8 Å². The molecule has 0 nitrogen and oxygen atoms in total. The highest BCUT2D eigenvalue weighted by Crippen LogP contribution is 2.25. The average molecular weight is 88.0 g/mol. The summed E-state index contributed by atoms with van der Waals surface area (Å²) in [5.41, 5.74) is 0. The van der Waals surface area contributed by atoms with Crippen LogP contribution < -0.4 is 0 Å². The highest BCUT2D eigenvalue weighted by atomic mass is 32.3. The van der Waals surface area contributed by atoms with Crippen LogP contribution in [0.1, 0.15) is 0 Å². The molecule has 0 aliphatic carbocycles. The van der Waals surface area contributed by atoms with Crippen LogP contribution >= 0.6 is 9.88 Å². The second-order valence-electron chi connectivity index (χ2n) is 1.93. The van der Waals surface area contributed by atoms with E-state index < -0.39 is 9.88 Å². The van der Waals surface area contributed by atoms with Gasteiger partial charge in [0.25, 0.3) is 0 Å². The average Bonchev–Trinajstić information content (AvgIpc) is 0.722. The SMILES string of the molecule is [B]S(C)(C)C. The lowest BCUT2D eigenvalue weighted by atomic mass is 10.8. The summed E-state index contributed by atoms with van der Waals surface area (Å²) in [6.45, 7) is 0. The van der Waals surface area contributed by atoms with Gasteiger partial charge in [0.05, 0.1) is 0 Å².